The molecule has 0 aliphatic carbocycles. The first kappa shape index (κ1) is 17.7. The van der Waals surface area contributed by atoms with Gasteiger partial charge in [0.15, 0.2) is 0 Å². The predicted molar refractivity (Wildman–Crippen MR) is 105 cm³/mol. The van der Waals surface area contributed by atoms with E-state index in [-0.39, 0.29) is 11.9 Å². The Morgan fingerprint density at radius 1 is 1.26 bits per heavy atom. The van der Waals surface area contributed by atoms with Gasteiger partial charge in [-0.1, -0.05) is 18.2 Å². The first-order valence-electron chi connectivity index (χ1n) is 9.37. The van der Waals surface area contributed by atoms with Gasteiger partial charge in [0.25, 0.3) is 5.91 Å². The molecule has 2 aromatic heterocycles. The van der Waals surface area contributed by atoms with Crippen LogP contribution in [0.1, 0.15) is 40.6 Å². The Hall–Kier alpha value is -2.73. The second kappa shape index (κ2) is 7.12. The number of aromatic nitrogens is 3. The van der Waals surface area contributed by atoms with Crippen molar-refractivity contribution in [3.05, 3.63) is 59.5 Å². The molecule has 0 saturated carbocycles. The largest absolute Gasteiger partial charge is 0.330 e. The fraction of sp³-hybridized carbons (Fsp3) is 0.381. The number of carbonyl (C=O) groups excluding carboxylic acids is 1. The molecule has 1 aliphatic heterocycles. The standard InChI is InChI=1S/C21H25N5O/c1-24(2)14-16-13-18(23-25(16)3)19-10-6-12-26(19)21(27)17-9-4-7-15-8-5-11-22-20(15)17/h4-5,7-9,11,13,19H,6,10,12,14H2,1-3H3. The number of hydrogen-bond acceptors (Lipinski definition) is 4. The van der Waals surface area contributed by atoms with Gasteiger partial charge in [-0.15, -0.1) is 0 Å². The van der Waals surface area contributed by atoms with Gasteiger partial charge in [0.1, 0.15) is 0 Å². The van der Waals surface area contributed by atoms with Crippen molar-refractivity contribution >= 4 is 16.8 Å². The fourth-order valence-corrected chi connectivity index (χ4v) is 3.91. The quantitative estimate of drug-likeness (QED) is 0.715. The van der Waals surface area contributed by atoms with Gasteiger partial charge in [-0.3, -0.25) is 14.5 Å². The van der Waals surface area contributed by atoms with Crippen LogP contribution in [0.4, 0.5) is 0 Å². The third-order valence-electron chi connectivity index (χ3n) is 5.19. The third kappa shape index (κ3) is 3.32. The summed E-state index contributed by atoms with van der Waals surface area (Å²) in [5.41, 5.74) is 3.57. The maximum absolute atomic E-state index is 13.4. The van der Waals surface area contributed by atoms with Crippen LogP contribution in [0.15, 0.2) is 42.6 Å². The first-order valence-corrected chi connectivity index (χ1v) is 9.37. The van der Waals surface area contributed by atoms with Gasteiger partial charge in [0.05, 0.1) is 28.5 Å². The van der Waals surface area contributed by atoms with E-state index < -0.39 is 0 Å². The second-order valence-electron chi connectivity index (χ2n) is 7.46. The molecule has 1 unspecified atom stereocenters. The molecule has 1 aliphatic rings. The Labute approximate surface area is 159 Å². The molecule has 3 heterocycles. The van der Waals surface area contributed by atoms with Crippen LogP contribution in [0.3, 0.4) is 0 Å². The average Bonchev–Trinajstić information content (AvgIpc) is 3.27. The molecule has 1 aromatic carbocycles. The van der Waals surface area contributed by atoms with E-state index in [9.17, 15) is 4.79 Å². The molecule has 4 rings (SSSR count). The summed E-state index contributed by atoms with van der Waals surface area (Å²) in [5.74, 6) is 0.0432. The number of aryl methyl sites for hydroxylation is 1. The summed E-state index contributed by atoms with van der Waals surface area (Å²) in [7, 11) is 6.06. The van der Waals surface area contributed by atoms with Gasteiger partial charge < -0.3 is 9.80 Å². The van der Waals surface area contributed by atoms with Crippen molar-refractivity contribution in [2.75, 3.05) is 20.6 Å². The lowest BCUT2D eigenvalue weighted by Crippen LogP contribution is -2.31. The summed E-state index contributed by atoms with van der Waals surface area (Å²) < 4.78 is 1.93. The van der Waals surface area contributed by atoms with Crippen molar-refractivity contribution in [1.82, 2.24) is 24.6 Å². The second-order valence-corrected chi connectivity index (χ2v) is 7.46. The van der Waals surface area contributed by atoms with Crippen molar-refractivity contribution in [2.24, 2.45) is 7.05 Å². The molecule has 140 valence electrons. The summed E-state index contributed by atoms with van der Waals surface area (Å²) >= 11 is 0. The molecule has 1 atom stereocenters. The molecule has 6 nitrogen and oxygen atoms in total. The van der Waals surface area contributed by atoms with Gasteiger partial charge in [0, 0.05) is 31.7 Å². The number of benzene rings is 1. The number of amides is 1. The number of pyridine rings is 1. The normalized spacial score (nSPS) is 17.2. The lowest BCUT2D eigenvalue weighted by atomic mass is 10.1. The third-order valence-corrected chi connectivity index (χ3v) is 5.19. The summed E-state index contributed by atoms with van der Waals surface area (Å²) in [6, 6.07) is 11.9. The highest BCUT2D eigenvalue weighted by Crippen LogP contribution is 2.33. The van der Waals surface area contributed by atoms with E-state index in [2.05, 4.69) is 16.0 Å². The Bertz CT molecular complexity index is 972. The van der Waals surface area contributed by atoms with Crippen molar-refractivity contribution in [2.45, 2.75) is 25.4 Å². The molecule has 1 amide bonds. The van der Waals surface area contributed by atoms with Crippen molar-refractivity contribution in [1.29, 1.82) is 0 Å². The number of likely N-dealkylation sites (tertiary alicyclic amines) is 1. The van der Waals surface area contributed by atoms with E-state index >= 15 is 0 Å². The number of rotatable bonds is 4. The highest BCUT2D eigenvalue weighted by atomic mass is 16.2. The van der Waals surface area contributed by atoms with Crippen LogP contribution in [-0.4, -0.2) is 51.1 Å². The molecule has 3 aromatic rings. The molecule has 1 saturated heterocycles. The number of carbonyl (C=O) groups is 1. The predicted octanol–water partition coefficient (Wildman–Crippen LogP) is 3.01. The van der Waals surface area contributed by atoms with E-state index in [1.54, 1.807) is 6.20 Å². The van der Waals surface area contributed by atoms with E-state index in [0.717, 1.165) is 48.2 Å². The fourth-order valence-electron chi connectivity index (χ4n) is 3.91. The van der Waals surface area contributed by atoms with E-state index in [0.29, 0.717) is 5.56 Å². The first-order chi connectivity index (χ1) is 13.0. The van der Waals surface area contributed by atoms with E-state index in [4.69, 9.17) is 5.10 Å². The smallest absolute Gasteiger partial charge is 0.256 e. The highest BCUT2D eigenvalue weighted by Gasteiger charge is 2.33. The molecule has 1 fully saturated rings. The number of fused-ring (bicyclic) bond motifs is 1. The number of hydrogen-bond donors (Lipinski definition) is 0. The van der Waals surface area contributed by atoms with Crippen LogP contribution in [0.5, 0.6) is 0 Å². The van der Waals surface area contributed by atoms with Crippen molar-refractivity contribution in [3.8, 4) is 0 Å². The van der Waals surface area contributed by atoms with Crippen LogP contribution in [0, 0.1) is 0 Å². The van der Waals surface area contributed by atoms with Gasteiger partial charge in [-0.05, 0) is 45.1 Å². The van der Waals surface area contributed by atoms with Crippen molar-refractivity contribution < 1.29 is 4.79 Å². The molecular weight excluding hydrogens is 338 g/mol. The Balaban J connectivity index is 1.66. The summed E-state index contributed by atoms with van der Waals surface area (Å²) in [4.78, 5) is 21.9. The minimum absolute atomic E-state index is 0.0265. The lowest BCUT2D eigenvalue weighted by Gasteiger charge is -2.23. The topological polar surface area (TPSA) is 54.3 Å². The molecule has 27 heavy (non-hydrogen) atoms. The Kier molecular flexibility index (Phi) is 4.66. The Morgan fingerprint density at radius 2 is 2.07 bits per heavy atom. The van der Waals surface area contributed by atoms with Crippen LogP contribution in [-0.2, 0) is 13.6 Å². The summed E-state index contributed by atoms with van der Waals surface area (Å²) in [5, 5.41) is 5.71. The van der Waals surface area contributed by atoms with Gasteiger partial charge in [-0.25, -0.2) is 0 Å². The van der Waals surface area contributed by atoms with Crippen molar-refractivity contribution in [3.63, 3.8) is 0 Å². The minimum atomic E-state index is 0.0265. The maximum Gasteiger partial charge on any atom is 0.256 e. The van der Waals surface area contributed by atoms with Gasteiger partial charge in [0.2, 0.25) is 0 Å². The zero-order chi connectivity index (χ0) is 19.0. The van der Waals surface area contributed by atoms with E-state index in [1.807, 2.05) is 61.1 Å². The molecule has 6 heteroatoms. The highest BCUT2D eigenvalue weighted by molar-refractivity contribution is 6.05. The van der Waals surface area contributed by atoms with Crippen LogP contribution in [0.2, 0.25) is 0 Å². The van der Waals surface area contributed by atoms with Crippen LogP contribution in [0.25, 0.3) is 10.9 Å². The van der Waals surface area contributed by atoms with Crippen LogP contribution < -0.4 is 0 Å². The lowest BCUT2D eigenvalue weighted by molar-refractivity contribution is 0.0734. The van der Waals surface area contributed by atoms with Gasteiger partial charge in [-0.2, -0.15) is 5.10 Å². The SMILES string of the molecule is CN(C)Cc1cc(C2CCCN2C(=O)c2cccc3cccnc23)nn1C. The zero-order valence-electron chi connectivity index (χ0n) is 16.1. The molecule has 0 radical (unpaired) electrons. The molecule has 0 bridgehead atoms. The number of nitrogens with zero attached hydrogens (tertiary/aromatic N) is 5. The minimum Gasteiger partial charge on any atom is -0.330 e. The Morgan fingerprint density at radius 3 is 2.89 bits per heavy atom. The maximum atomic E-state index is 13.4. The summed E-state index contributed by atoms with van der Waals surface area (Å²) in [6.45, 7) is 1.59. The molecular formula is C21H25N5O. The zero-order valence-corrected chi connectivity index (χ0v) is 16.1. The number of para-hydroxylation sites is 1. The molecule has 0 spiro atoms. The average molecular weight is 363 g/mol. The monoisotopic (exact) mass is 363 g/mol. The van der Waals surface area contributed by atoms with Gasteiger partial charge >= 0.3 is 0 Å². The van der Waals surface area contributed by atoms with Crippen LogP contribution >= 0.6 is 0 Å². The summed E-state index contributed by atoms with van der Waals surface area (Å²) in [6.07, 6.45) is 3.68. The van der Waals surface area contributed by atoms with E-state index in [1.165, 1.54) is 0 Å². The molecule has 0 N–H and O–H groups in total.